The summed E-state index contributed by atoms with van der Waals surface area (Å²) in [6, 6.07) is 5.36. The van der Waals surface area contributed by atoms with E-state index in [1.807, 2.05) is 0 Å². The summed E-state index contributed by atoms with van der Waals surface area (Å²) in [5, 5.41) is -0.365. The topological polar surface area (TPSA) is 128 Å². The highest BCUT2D eigenvalue weighted by molar-refractivity contribution is 7.88. The average Bonchev–Trinajstić information content (AvgIpc) is 3.41. The van der Waals surface area contributed by atoms with E-state index >= 15 is 0 Å². The van der Waals surface area contributed by atoms with Crippen LogP contribution in [0.25, 0.3) is 6.08 Å². The summed E-state index contributed by atoms with van der Waals surface area (Å²) in [6.45, 7) is 2.73. The molecule has 1 aliphatic heterocycles. The van der Waals surface area contributed by atoms with Gasteiger partial charge < -0.3 is 23.8 Å². The fraction of sp³-hybridized carbons (Fsp3) is 0.440. The third kappa shape index (κ3) is 11.0. The van der Waals surface area contributed by atoms with E-state index < -0.39 is 28.0 Å². The molecular weight excluding hydrogens is 593 g/mol. The van der Waals surface area contributed by atoms with Gasteiger partial charge in [0.2, 0.25) is 5.88 Å². The second kappa shape index (κ2) is 15.2. The zero-order valence-corrected chi connectivity index (χ0v) is 23.7. The van der Waals surface area contributed by atoms with Crippen molar-refractivity contribution in [3.05, 3.63) is 52.7 Å². The van der Waals surface area contributed by atoms with Gasteiger partial charge in [0.15, 0.2) is 0 Å². The van der Waals surface area contributed by atoms with Crippen molar-refractivity contribution in [2.75, 3.05) is 53.1 Å². The van der Waals surface area contributed by atoms with E-state index in [0.29, 0.717) is 36.7 Å². The van der Waals surface area contributed by atoms with Gasteiger partial charge >= 0.3 is 22.5 Å². The van der Waals surface area contributed by atoms with E-state index in [-0.39, 0.29) is 36.4 Å². The number of amides is 1. The maximum Gasteiger partial charge on any atom is 0.422 e. The summed E-state index contributed by atoms with van der Waals surface area (Å²) in [6.07, 6.45) is -0.174. The quantitative estimate of drug-likeness (QED) is 0.297. The first-order valence-electron chi connectivity index (χ1n) is 12.5. The Morgan fingerprint density at radius 1 is 1.20 bits per heavy atom. The summed E-state index contributed by atoms with van der Waals surface area (Å²) in [5.74, 6) is 0.219. The molecule has 1 saturated heterocycles. The van der Waals surface area contributed by atoms with Crippen molar-refractivity contribution in [1.29, 1.82) is 0 Å². The molecule has 11 nitrogen and oxygen atoms in total. The first kappa shape index (κ1) is 32.4. The molecule has 0 radical (unpaired) electrons. The number of carbonyl (C=O) groups excluding carboxylic acids is 1. The molecule has 1 amide bonds. The fourth-order valence-corrected chi connectivity index (χ4v) is 4.57. The Balaban J connectivity index is 1.61. The minimum Gasteiger partial charge on any atom is -0.491 e. The molecule has 2 N–H and O–H groups in total. The van der Waals surface area contributed by atoms with Gasteiger partial charge in [-0.2, -0.15) is 26.3 Å². The van der Waals surface area contributed by atoms with E-state index in [1.165, 1.54) is 25.3 Å². The molecule has 1 aromatic carbocycles. The molecule has 0 spiro atoms. The van der Waals surface area contributed by atoms with Crippen molar-refractivity contribution in [1.82, 2.24) is 19.3 Å². The van der Waals surface area contributed by atoms with Crippen LogP contribution < -0.4 is 18.9 Å². The lowest BCUT2D eigenvalue weighted by atomic mass is 10.1. The Hall–Kier alpha value is -3.11. The highest BCUT2D eigenvalue weighted by atomic mass is 35.5. The number of benzene rings is 1. The van der Waals surface area contributed by atoms with E-state index in [0.717, 1.165) is 25.9 Å². The summed E-state index contributed by atoms with van der Waals surface area (Å²) in [5.41, 5.74) is -0.632. The number of likely N-dealkylation sites (tertiary alicyclic amines) is 1. The summed E-state index contributed by atoms with van der Waals surface area (Å²) >= 11 is 5.98. The predicted octanol–water partition coefficient (Wildman–Crippen LogP) is 4.24. The van der Waals surface area contributed by atoms with Crippen LogP contribution in [0.1, 0.15) is 24.0 Å². The molecule has 3 rings (SSSR count). The number of ether oxygens (including phenoxy) is 4. The number of nitrogens with zero attached hydrogens (tertiary/aromatic N) is 2. The SMILES string of the molecule is COCCOc1ccc(/C=C/COC(=O)NS(=O)(=O)NCCN2CCCC2)c(Oc2ncc(C(F)(F)F)cc2Cl)c1. The highest BCUT2D eigenvalue weighted by Gasteiger charge is 2.32. The van der Waals surface area contributed by atoms with E-state index in [4.69, 9.17) is 30.5 Å². The molecule has 226 valence electrons. The zero-order valence-electron chi connectivity index (χ0n) is 22.1. The average molecular weight is 623 g/mol. The molecule has 1 fully saturated rings. The molecule has 0 bridgehead atoms. The number of aromatic nitrogens is 1. The lowest BCUT2D eigenvalue weighted by molar-refractivity contribution is -0.137. The normalized spacial score (nSPS) is 14.4. The van der Waals surface area contributed by atoms with Crippen LogP contribution in [0.4, 0.5) is 18.0 Å². The minimum atomic E-state index is -4.63. The first-order valence-corrected chi connectivity index (χ1v) is 14.3. The molecule has 16 heteroatoms. The first-order chi connectivity index (χ1) is 19.5. The summed E-state index contributed by atoms with van der Waals surface area (Å²) in [4.78, 5) is 17.7. The van der Waals surface area contributed by atoms with Crippen LogP contribution in [0, 0.1) is 0 Å². The molecule has 41 heavy (non-hydrogen) atoms. The van der Waals surface area contributed by atoms with Gasteiger partial charge in [-0.15, -0.1) is 0 Å². The number of pyridine rings is 1. The summed E-state index contributed by atoms with van der Waals surface area (Å²) < 4.78 is 88.2. The third-order valence-corrected chi connectivity index (χ3v) is 6.92. The second-order valence-electron chi connectivity index (χ2n) is 8.70. The molecule has 0 atom stereocenters. The van der Waals surface area contributed by atoms with Gasteiger partial charge in [-0.1, -0.05) is 17.7 Å². The van der Waals surface area contributed by atoms with Crippen LogP contribution in [0.3, 0.4) is 0 Å². The number of methoxy groups -OCH3 is 1. The number of hydrogen-bond acceptors (Lipinski definition) is 9. The second-order valence-corrected chi connectivity index (χ2v) is 10.6. The van der Waals surface area contributed by atoms with Gasteiger partial charge in [-0.3, -0.25) is 0 Å². The minimum absolute atomic E-state index is 0.125. The zero-order chi connectivity index (χ0) is 29.9. The Morgan fingerprint density at radius 3 is 2.63 bits per heavy atom. The van der Waals surface area contributed by atoms with Gasteiger partial charge in [0.25, 0.3) is 0 Å². The number of rotatable bonds is 14. The molecule has 1 aliphatic rings. The lowest BCUT2D eigenvalue weighted by Gasteiger charge is -2.15. The highest BCUT2D eigenvalue weighted by Crippen LogP contribution is 2.36. The predicted molar refractivity (Wildman–Crippen MR) is 144 cm³/mol. The fourth-order valence-electron chi connectivity index (χ4n) is 3.65. The Kier molecular flexibility index (Phi) is 12.0. The van der Waals surface area contributed by atoms with Crippen molar-refractivity contribution < 1.29 is 45.3 Å². The van der Waals surface area contributed by atoms with Crippen molar-refractivity contribution in [3.63, 3.8) is 0 Å². The maximum atomic E-state index is 13.0. The van der Waals surface area contributed by atoms with Gasteiger partial charge in [-0.25, -0.2) is 14.5 Å². The molecule has 1 aromatic heterocycles. The number of hydrogen-bond donors (Lipinski definition) is 2. The molecule has 2 aromatic rings. The van der Waals surface area contributed by atoms with Crippen LogP contribution in [0.15, 0.2) is 36.5 Å². The molecule has 0 saturated carbocycles. The van der Waals surface area contributed by atoms with Crippen LogP contribution in [0.2, 0.25) is 5.02 Å². The molecule has 0 unspecified atom stereocenters. The standard InChI is InChI=1S/C25H30ClF3N4O7S/c1-37-13-14-38-20-7-6-18(22(16-20)40-23-21(26)15-19(17-30-23)25(27,28)29)5-4-12-39-24(34)32-41(35,36)31-8-11-33-9-2-3-10-33/h4-7,15-17,31H,2-3,8-14H2,1H3,(H,32,34)/b5-4+. The monoisotopic (exact) mass is 622 g/mol. The number of alkyl halides is 3. The number of nitrogens with one attached hydrogen (secondary N) is 2. The van der Waals surface area contributed by atoms with E-state index in [2.05, 4.69) is 14.6 Å². The molecular formula is C25H30ClF3N4O7S. The lowest BCUT2D eigenvalue weighted by Crippen LogP contribution is -2.43. The Bertz CT molecular complexity index is 1310. The Labute approximate surface area is 240 Å². The van der Waals surface area contributed by atoms with E-state index in [9.17, 15) is 26.4 Å². The van der Waals surface area contributed by atoms with Crippen molar-refractivity contribution in [2.24, 2.45) is 0 Å². The molecule has 2 heterocycles. The van der Waals surface area contributed by atoms with Gasteiger partial charge in [0.05, 0.1) is 12.2 Å². The van der Waals surface area contributed by atoms with Crippen LogP contribution in [-0.4, -0.2) is 77.5 Å². The largest absolute Gasteiger partial charge is 0.491 e. The smallest absolute Gasteiger partial charge is 0.422 e. The van der Waals surface area contributed by atoms with E-state index in [1.54, 1.807) is 16.9 Å². The van der Waals surface area contributed by atoms with Crippen molar-refractivity contribution in [3.8, 4) is 17.4 Å². The van der Waals surface area contributed by atoms with Gasteiger partial charge in [-0.05, 0) is 50.2 Å². The number of carbonyl (C=O) groups is 1. The van der Waals surface area contributed by atoms with Crippen molar-refractivity contribution in [2.45, 2.75) is 19.0 Å². The summed E-state index contributed by atoms with van der Waals surface area (Å²) in [7, 11) is -2.58. The van der Waals surface area contributed by atoms with Gasteiger partial charge in [0, 0.05) is 38.0 Å². The van der Waals surface area contributed by atoms with Crippen molar-refractivity contribution >= 4 is 34.0 Å². The van der Waals surface area contributed by atoms with Gasteiger partial charge in [0.1, 0.15) is 29.7 Å². The van der Waals surface area contributed by atoms with Crippen LogP contribution in [-0.2, 0) is 25.9 Å². The third-order valence-electron chi connectivity index (χ3n) is 5.63. The number of halogens is 4. The van der Waals surface area contributed by atoms with Crippen LogP contribution >= 0.6 is 11.6 Å². The van der Waals surface area contributed by atoms with Crippen LogP contribution in [0.5, 0.6) is 17.4 Å². The molecule has 0 aliphatic carbocycles. The maximum absolute atomic E-state index is 13.0. The Morgan fingerprint density at radius 2 is 1.95 bits per heavy atom.